The van der Waals surface area contributed by atoms with E-state index in [2.05, 4.69) is 11.9 Å². The smallest absolute Gasteiger partial charge is 0.337 e. The van der Waals surface area contributed by atoms with E-state index in [9.17, 15) is 4.79 Å². The minimum Gasteiger partial charge on any atom is -0.495 e. The molecule has 3 rings (SSSR count). The highest BCUT2D eigenvalue weighted by molar-refractivity contribution is 7.80. The van der Waals surface area contributed by atoms with Crippen LogP contribution in [0.1, 0.15) is 18.5 Å². The van der Waals surface area contributed by atoms with Crippen LogP contribution in [0.4, 0.5) is 5.69 Å². The van der Waals surface area contributed by atoms with E-state index in [1.165, 1.54) is 7.11 Å². The van der Waals surface area contributed by atoms with Gasteiger partial charge < -0.3 is 19.5 Å². The first-order valence-corrected chi connectivity index (χ1v) is 9.79. The quantitative estimate of drug-likeness (QED) is 0.407. The second-order valence-electron chi connectivity index (χ2n) is 6.52. The van der Waals surface area contributed by atoms with Crippen molar-refractivity contribution in [1.82, 2.24) is 5.32 Å². The van der Waals surface area contributed by atoms with Crippen molar-refractivity contribution in [2.24, 2.45) is 0 Å². The number of anilines is 1. The molecule has 1 N–H and O–H groups in total. The first kappa shape index (κ1) is 21.4. The average molecular weight is 425 g/mol. The second kappa shape index (κ2) is 9.45. The molecule has 0 radical (unpaired) electrons. The lowest BCUT2D eigenvalue weighted by atomic mass is 9.94. The molecule has 2 aromatic carbocycles. The van der Waals surface area contributed by atoms with Gasteiger partial charge in [-0.2, -0.15) is 0 Å². The van der Waals surface area contributed by atoms with Crippen LogP contribution in [-0.4, -0.2) is 31.9 Å². The molecule has 6 nitrogen and oxygen atoms in total. The van der Waals surface area contributed by atoms with Gasteiger partial charge in [-0.15, -0.1) is 0 Å². The van der Waals surface area contributed by atoms with Crippen molar-refractivity contribution >= 4 is 29.0 Å². The van der Waals surface area contributed by atoms with Crippen molar-refractivity contribution in [2.75, 3.05) is 25.7 Å². The molecule has 0 amide bonds. The minimum atomic E-state index is -0.531. The molecule has 7 heteroatoms. The highest BCUT2D eigenvalue weighted by Gasteiger charge is 2.37. The van der Waals surface area contributed by atoms with Gasteiger partial charge in [0, 0.05) is 11.3 Å². The highest BCUT2D eigenvalue weighted by atomic mass is 32.1. The van der Waals surface area contributed by atoms with Crippen LogP contribution < -0.4 is 19.7 Å². The molecule has 0 aromatic heterocycles. The van der Waals surface area contributed by atoms with E-state index in [0.717, 1.165) is 11.3 Å². The maximum atomic E-state index is 12.8. The molecular formula is C23H24N2O4S. The Morgan fingerprint density at radius 3 is 2.50 bits per heavy atom. The van der Waals surface area contributed by atoms with E-state index < -0.39 is 12.0 Å². The molecule has 156 valence electrons. The molecule has 1 aliphatic heterocycles. The van der Waals surface area contributed by atoms with Crippen LogP contribution in [0.3, 0.4) is 0 Å². The second-order valence-corrected chi connectivity index (χ2v) is 6.90. The van der Waals surface area contributed by atoms with Gasteiger partial charge in [0.25, 0.3) is 0 Å². The summed E-state index contributed by atoms with van der Waals surface area (Å²) in [5.41, 5.74) is 2.59. The third kappa shape index (κ3) is 4.02. The van der Waals surface area contributed by atoms with Gasteiger partial charge >= 0.3 is 5.97 Å². The van der Waals surface area contributed by atoms with E-state index in [1.807, 2.05) is 55.5 Å². The fourth-order valence-electron chi connectivity index (χ4n) is 3.45. The SMILES string of the molecule is C=CCOc1ccccc1[C@@H]1NC(=S)N(c2ccccc2OC)C(C)=C1C(=O)OC. The van der Waals surface area contributed by atoms with Gasteiger partial charge in [0.15, 0.2) is 5.11 Å². The summed E-state index contributed by atoms with van der Waals surface area (Å²) in [7, 11) is 2.95. The molecule has 1 heterocycles. The Morgan fingerprint density at radius 2 is 1.83 bits per heavy atom. The first-order valence-electron chi connectivity index (χ1n) is 9.38. The van der Waals surface area contributed by atoms with Crippen molar-refractivity contribution < 1.29 is 19.0 Å². The molecule has 0 saturated carbocycles. The number of para-hydroxylation sites is 3. The molecule has 30 heavy (non-hydrogen) atoms. The normalized spacial score (nSPS) is 16.0. The number of thiocarbonyl (C=S) groups is 1. The number of methoxy groups -OCH3 is 2. The zero-order valence-corrected chi connectivity index (χ0v) is 18.0. The lowest BCUT2D eigenvalue weighted by Gasteiger charge is -2.38. The van der Waals surface area contributed by atoms with Gasteiger partial charge in [0.1, 0.15) is 18.1 Å². The summed E-state index contributed by atoms with van der Waals surface area (Å²) >= 11 is 5.69. The predicted octanol–water partition coefficient (Wildman–Crippen LogP) is 4.14. The van der Waals surface area contributed by atoms with E-state index in [4.69, 9.17) is 26.4 Å². The molecule has 2 aromatic rings. The molecular weight excluding hydrogens is 400 g/mol. The van der Waals surface area contributed by atoms with Crippen LogP contribution in [0.25, 0.3) is 0 Å². The lowest BCUT2D eigenvalue weighted by Crippen LogP contribution is -2.48. The lowest BCUT2D eigenvalue weighted by molar-refractivity contribution is -0.136. The van der Waals surface area contributed by atoms with E-state index >= 15 is 0 Å². The molecule has 1 atom stereocenters. The van der Waals surface area contributed by atoms with Gasteiger partial charge in [0.2, 0.25) is 0 Å². The van der Waals surface area contributed by atoms with E-state index in [0.29, 0.717) is 34.5 Å². The number of benzene rings is 2. The summed E-state index contributed by atoms with van der Waals surface area (Å²) in [6.45, 7) is 5.88. The summed E-state index contributed by atoms with van der Waals surface area (Å²) in [5, 5.41) is 3.72. The number of hydrogen-bond acceptors (Lipinski definition) is 5. The Labute approximate surface area is 181 Å². The van der Waals surface area contributed by atoms with E-state index in [-0.39, 0.29) is 0 Å². The third-order valence-corrected chi connectivity index (χ3v) is 5.10. The van der Waals surface area contributed by atoms with Crippen LogP contribution in [0.2, 0.25) is 0 Å². The fraction of sp³-hybridized carbons (Fsp3) is 0.217. The number of carbonyl (C=O) groups is 1. The summed E-state index contributed by atoms with van der Waals surface area (Å²) in [6, 6.07) is 14.5. The van der Waals surface area contributed by atoms with Crippen LogP contribution in [0.5, 0.6) is 11.5 Å². The molecule has 0 unspecified atom stereocenters. The van der Waals surface area contributed by atoms with Crippen LogP contribution in [0.15, 0.2) is 72.5 Å². The zero-order valence-electron chi connectivity index (χ0n) is 17.2. The maximum Gasteiger partial charge on any atom is 0.337 e. The van der Waals surface area contributed by atoms with Crippen LogP contribution in [0, 0.1) is 0 Å². The molecule has 0 bridgehead atoms. The fourth-order valence-corrected chi connectivity index (χ4v) is 3.81. The summed E-state index contributed by atoms with van der Waals surface area (Å²) in [5.74, 6) is 0.821. The number of nitrogens with zero attached hydrogens (tertiary/aromatic N) is 1. The zero-order chi connectivity index (χ0) is 21.7. The average Bonchev–Trinajstić information content (AvgIpc) is 2.77. The van der Waals surface area contributed by atoms with Gasteiger partial charge in [0.05, 0.1) is 31.5 Å². The monoisotopic (exact) mass is 424 g/mol. The standard InChI is InChI=1S/C23H24N2O4S/c1-5-14-29-18-12-8-6-10-16(18)21-20(22(26)28-4)15(2)25(23(30)24-21)17-11-7-9-13-19(17)27-3/h5-13,21H,1,14H2,2-4H3,(H,24,30)/t21-/m0/s1. The largest absolute Gasteiger partial charge is 0.495 e. The summed E-state index contributed by atoms with van der Waals surface area (Å²) in [6.07, 6.45) is 1.67. The van der Waals surface area contributed by atoms with Gasteiger partial charge in [-0.25, -0.2) is 4.79 Å². The summed E-state index contributed by atoms with van der Waals surface area (Å²) in [4.78, 5) is 14.6. The van der Waals surface area contributed by atoms with Crippen molar-refractivity contribution in [3.05, 3.63) is 78.0 Å². The molecule has 0 saturated heterocycles. The Bertz CT molecular complexity index is 1000. The predicted molar refractivity (Wildman–Crippen MR) is 121 cm³/mol. The molecule has 0 spiro atoms. The third-order valence-electron chi connectivity index (χ3n) is 4.80. The van der Waals surface area contributed by atoms with Gasteiger partial charge in [-0.05, 0) is 37.3 Å². The molecule has 1 aliphatic rings. The number of allylic oxidation sites excluding steroid dienone is 1. The number of carbonyl (C=O) groups excluding carboxylic acids is 1. The van der Waals surface area contributed by atoms with E-state index in [1.54, 1.807) is 18.1 Å². The maximum absolute atomic E-state index is 12.8. The van der Waals surface area contributed by atoms with Crippen LogP contribution in [-0.2, 0) is 9.53 Å². The summed E-state index contributed by atoms with van der Waals surface area (Å²) < 4.78 is 16.4. The Hall–Kier alpha value is -3.32. The number of nitrogens with one attached hydrogen (secondary N) is 1. The van der Waals surface area contributed by atoms with Crippen molar-refractivity contribution in [3.8, 4) is 11.5 Å². The number of ether oxygens (including phenoxy) is 3. The van der Waals surface area contributed by atoms with Gasteiger partial charge in [-0.3, -0.25) is 4.90 Å². The molecule has 0 aliphatic carbocycles. The first-order chi connectivity index (χ1) is 14.5. The molecule has 0 fully saturated rings. The minimum absolute atomic E-state index is 0.345. The van der Waals surface area contributed by atoms with Crippen molar-refractivity contribution in [2.45, 2.75) is 13.0 Å². The van der Waals surface area contributed by atoms with Gasteiger partial charge in [-0.1, -0.05) is 43.0 Å². The highest BCUT2D eigenvalue weighted by Crippen LogP contribution is 2.39. The number of rotatable bonds is 7. The Morgan fingerprint density at radius 1 is 1.17 bits per heavy atom. The van der Waals surface area contributed by atoms with Crippen molar-refractivity contribution in [3.63, 3.8) is 0 Å². The Balaban J connectivity index is 2.16. The topological polar surface area (TPSA) is 60.0 Å². The van der Waals surface area contributed by atoms with Crippen molar-refractivity contribution in [1.29, 1.82) is 0 Å². The number of hydrogen-bond donors (Lipinski definition) is 1. The number of esters is 1. The van der Waals surface area contributed by atoms with Crippen LogP contribution >= 0.6 is 12.2 Å². The Kier molecular flexibility index (Phi) is 6.74.